The Morgan fingerprint density at radius 2 is 1.77 bits per heavy atom. The van der Waals surface area contributed by atoms with Crippen LogP contribution in [0.15, 0.2) is 52.1 Å². The van der Waals surface area contributed by atoms with Gasteiger partial charge in [-0.3, -0.25) is 14.2 Å². The van der Waals surface area contributed by atoms with Gasteiger partial charge in [-0.2, -0.15) is 0 Å². The Kier molecular flexibility index (Phi) is 6.25. The molecule has 0 aliphatic rings. The van der Waals surface area contributed by atoms with Gasteiger partial charge in [0.05, 0.1) is 31.2 Å². The van der Waals surface area contributed by atoms with Gasteiger partial charge in [0.25, 0.3) is 5.56 Å². The van der Waals surface area contributed by atoms with E-state index in [1.165, 1.54) is 0 Å². The Morgan fingerprint density at radius 3 is 2.43 bits per heavy atom. The normalized spacial score (nSPS) is 12.0. The molecule has 0 fully saturated rings. The molecule has 2 aromatic carbocycles. The number of hydrogen-bond acceptors (Lipinski definition) is 5. The fourth-order valence-electron chi connectivity index (χ4n) is 3.39. The molecule has 2 N–H and O–H groups in total. The summed E-state index contributed by atoms with van der Waals surface area (Å²) in [5.41, 5.74) is 0.142. The quantitative estimate of drug-likeness (QED) is 0.621. The molecule has 1 aromatic heterocycles. The Labute approximate surface area is 173 Å². The van der Waals surface area contributed by atoms with Gasteiger partial charge in [0.15, 0.2) is 11.5 Å². The molecule has 0 bridgehead atoms. The fraction of sp³-hybridized carbons (Fsp3) is 0.318. The summed E-state index contributed by atoms with van der Waals surface area (Å²) in [4.78, 5) is 40.4. The largest absolute Gasteiger partial charge is 0.493 e. The summed E-state index contributed by atoms with van der Waals surface area (Å²) in [6.07, 6.45) is 0. The summed E-state index contributed by atoms with van der Waals surface area (Å²) in [6.45, 7) is 3.56. The molecule has 8 nitrogen and oxygen atoms in total. The molecule has 0 aliphatic carbocycles. The third-order valence-corrected chi connectivity index (χ3v) is 4.94. The highest BCUT2D eigenvalue weighted by Crippen LogP contribution is 2.32. The molecule has 0 spiro atoms. The molecule has 1 atom stereocenters. The summed E-state index contributed by atoms with van der Waals surface area (Å²) in [5.74, 6) is 0.756. The van der Waals surface area contributed by atoms with Crippen LogP contribution in [-0.4, -0.2) is 29.7 Å². The molecule has 0 radical (unpaired) electrons. The van der Waals surface area contributed by atoms with Gasteiger partial charge in [0.1, 0.15) is 6.54 Å². The van der Waals surface area contributed by atoms with E-state index in [-0.39, 0.29) is 18.5 Å². The van der Waals surface area contributed by atoms with E-state index in [4.69, 9.17) is 9.47 Å². The first-order valence-corrected chi connectivity index (χ1v) is 9.58. The first-order valence-electron chi connectivity index (χ1n) is 9.58. The molecule has 30 heavy (non-hydrogen) atoms. The average Bonchev–Trinajstić information content (AvgIpc) is 2.74. The predicted molar refractivity (Wildman–Crippen MR) is 114 cm³/mol. The summed E-state index contributed by atoms with van der Waals surface area (Å²) in [6, 6.07) is 11.8. The molecule has 0 saturated carbocycles. The van der Waals surface area contributed by atoms with Gasteiger partial charge in [-0.05, 0) is 35.7 Å². The number of nitrogens with one attached hydrogen (secondary N) is 2. The van der Waals surface area contributed by atoms with Crippen molar-refractivity contribution in [2.24, 2.45) is 5.92 Å². The number of benzene rings is 2. The number of aromatic nitrogens is 2. The van der Waals surface area contributed by atoms with Crippen LogP contribution in [0.3, 0.4) is 0 Å². The molecule has 3 aromatic rings. The van der Waals surface area contributed by atoms with Crippen LogP contribution in [0.25, 0.3) is 10.9 Å². The number of hydrogen-bond donors (Lipinski definition) is 2. The van der Waals surface area contributed by atoms with Crippen molar-refractivity contribution in [3.8, 4) is 11.5 Å². The number of rotatable bonds is 7. The summed E-state index contributed by atoms with van der Waals surface area (Å²) < 4.78 is 11.5. The minimum atomic E-state index is -0.624. The fourth-order valence-corrected chi connectivity index (χ4v) is 3.39. The summed E-state index contributed by atoms with van der Waals surface area (Å²) in [7, 11) is 3.10. The van der Waals surface area contributed by atoms with Gasteiger partial charge in [0.2, 0.25) is 5.91 Å². The van der Waals surface area contributed by atoms with E-state index in [1.54, 1.807) is 50.6 Å². The topological polar surface area (TPSA) is 102 Å². The molecule has 1 amide bonds. The molecule has 0 unspecified atom stereocenters. The number of carbonyl (C=O) groups excluding carboxylic acids is 1. The lowest BCUT2D eigenvalue weighted by atomic mass is 9.95. The standard InChI is InChI=1S/C22H25N3O5/c1-13(2)20(14-9-10-17(29-3)18(11-14)30-4)24-19(26)12-25-21(27)15-7-5-6-8-16(15)23-22(25)28/h5-11,13,20H,12H2,1-4H3,(H,23,28)(H,24,26)/t20-/m0/s1. The Bertz CT molecular complexity index is 1180. The number of H-pyrrole nitrogens is 1. The predicted octanol–water partition coefficient (Wildman–Crippen LogP) is 2.22. The van der Waals surface area contributed by atoms with Gasteiger partial charge in [-0.15, -0.1) is 0 Å². The maximum absolute atomic E-state index is 12.7. The van der Waals surface area contributed by atoms with Crippen LogP contribution in [0, 0.1) is 5.92 Å². The number of nitrogens with zero attached hydrogens (tertiary/aromatic N) is 1. The van der Waals surface area contributed by atoms with Crippen LogP contribution in [-0.2, 0) is 11.3 Å². The van der Waals surface area contributed by atoms with E-state index in [2.05, 4.69) is 10.3 Å². The highest BCUT2D eigenvalue weighted by atomic mass is 16.5. The molecule has 1 heterocycles. The van der Waals surface area contributed by atoms with Crippen molar-refractivity contribution < 1.29 is 14.3 Å². The number of para-hydroxylation sites is 1. The van der Waals surface area contributed by atoms with Crippen LogP contribution in [0.2, 0.25) is 0 Å². The first-order chi connectivity index (χ1) is 14.3. The van der Waals surface area contributed by atoms with E-state index in [9.17, 15) is 14.4 Å². The maximum atomic E-state index is 12.7. The van der Waals surface area contributed by atoms with Crippen molar-refractivity contribution in [2.45, 2.75) is 26.4 Å². The van der Waals surface area contributed by atoms with Crippen molar-refractivity contribution in [3.05, 3.63) is 68.9 Å². The molecule has 3 rings (SSSR count). The highest BCUT2D eigenvalue weighted by molar-refractivity contribution is 5.79. The summed E-state index contributed by atoms with van der Waals surface area (Å²) >= 11 is 0. The SMILES string of the molecule is COc1ccc([C@@H](NC(=O)Cn2c(=O)[nH]c3ccccc3c2=O)C(C)C)cc1OC. The Morgan fingerprint density at radius 1 is 1.07 bits per heavy atom. The Balaban J connectivity index is 1.88. The Hall–Kier alpha value is -3.55. The lowest BCUT2D eigenvalue weighted by Gasteiger charge is -2.24. The molecule has 158 valence electrons. The van der Waals surface area contributed by atoms with Crippen LogP contribution in [0.5, 0.6) is 11.5 Å². The number of amides is 1. The zero-order valence-corrected chi connectivity index (χ0v) is 17.4. The lowest BCUT2D eigenvalue weighted by molar-refractivity contribution is -0.122. The second kappa shape index (κ2) is 8.86. The second-order valence-electron chi connectivity index (χ2n) is 7.27. The minimum absolute atomic E-state index is 0.0543. The van der Waals surface area contributed by atoms with E-state index in [0.29, 0.717) is 22.4 Å². The van der Waals surface area contributed by atoms with E-state index < -0.39 is 17.2 Å². The van der Waals surface area contributed by atoms with Crippen LogP contribution in [0.4, 0.5) is 0 Å². The molecule has 0 saturated heterocycles. The smallest absolute Gasteiger partial charge is 0.329 e. The molecular weight excluding hydrogens is 386 g/mol. The number of ether oxygens (including phenoxy) is 2. The second-order valence-corrected chi connectivity index (χ2v) is 7.27. The van der Waals surface area contributed by atoms with Crippen molar-refractivity contribution >= 4 is 16.8 Å². The van der Waals surface area contributed by atoms with Gasteiger partial charge in [-0.25, -0.2) is 4.79 Å². The zero-order chi connectivity index (χ0) is 21.8. The third kappa shape index (κ3) is 4.22. The minimum Gasteiger partial charge on any atom is -0.493 e. The average molecular weight is 411 g/mol. The number of aromatic amines is 1. The van der Waals surface area contributed by atoms with Crippen molar-refractivity contribution in [1.29, 1.82) is 0 Å². The number of methoxy groups -OCH3 is 2. The molecular formula is C22H25N3O5. The van der Waals surface area contributed by atoms with E-state index >= 15 is 0 Å². The van der Waals surface area contributed by atoms with Gasteiger partial charge >= 0.3 is 5.69 Å². The zero-order valence-electron chi connectivity index (χ0n) is 17.4. The highest BCUT2D eigenvalue weighted by Gasteiger charge is 2.21. The first kappa shape index (κ1) is 21.2. The van der Waals surface area contributed by atoms with E-state index in [0.717, 1.165) is 10.1 Å². The van der Waals surface area contributed by atoms with Crippen molar-refractivity contribution in [3.63, 3.8) is 0 Å². The molecule has 0 aliphatic heterocycles. The van der Waals surface area contributed by atoms with Crippen LogP contribution < -0.4 is 26.0 Å². The van der Waals surface area contributed by atoms with Gasteiger partial charge < -0.3 is 19.8 Å². The van der Waals surface area contributed by atoms with Gasteiger partial charge in [-0.1, -0.05) is 32.0 Å². The number of carbonyl (C=O) groups is 1. The van der Waals surface area contributed by atoms with Crippen LogP contribution >= 0.6 is 0 Å². The molecule has 8 heteroatoms. The van der Waals surface area contributed by atoms with Crippen LogP contribution in [0.1, 0.15) is 25.5 Å². The third-order valence-electron chi connectivity index (χ3n) is 4.94. The van der Waals surface area contributed by atoms with Crippen molar-refractivity contribution in [1.82, 2.24) is 14.9 Å². The maximum Gasteiger partial charge on any atom is 0.329 e. The van der Waals surface area contributed by atoms with E-state index in [1.807, 2.05) is 19.9 Å². The monoisotopic (exact) mass is 411 g/mol. The summed E-state index contributed by atoms with van der Waals surface area (Å²) in [5, 5.41) is 3.28. The lowest BCUT2D eigenvalue weighted by Crippen LogP contribution is -2.42. The number of fused-ring (bicyclic) bond motifs is 1. The van der Waals surface area contributed by atoms with Gasteiger partial charge in [0, 0.05) is 0 Å². The van der Waals surface area contributed by atoms with Crippen molar-refractivity contribution in [2.75, 3.05) is 14.2 Å².